The first-order valence-corrected chi connectivity index (χ1v) is 3.56. The minimum atomic E-state index is -2.21. The summed E-state index contributed by atoms with van der Waals surface area (Å²) in [7, 11) is 0. The van der Waals surface area contributed by atoms with Gasteiger partial charge in [-0.1, -0.05) is 13.8 Å². The van der Waals surface area contributed by atoms with E-state index in [1.807, 2.05) is 13.8 Å². The third kappa shape index (κ3) is 3.77. The highest BCUT2D eigenvalue weighted by molar-refractivity contribution is 4.64. The number of halogens is 2. The molecule has 62 valence electrons. The number of rotatable bonds is 4. The molecule has 0 bridgehead atoms. The van der Waals surface area contributed by atoms with Crippen LogP contribution in [0.25, 0.3) is 0 Å². The van der Waals surface area contributed by atoms with Gasteiger partial charge in [0.05, 0.1) is 0 Å². The molecule has 0 aliphatic rings. The molecule has 0 radical (unpaired) electrons. The summed E-state index contributed by atoms with van der Waals surface area (Å²) < 4.78 is 23.6. The van der Waals surface area contributed by atoms with Crippen LogP contribution in [0.5, 0.6) is 0 Å². The van der Waals surface area contributed by atoms with Crippen LogP contribution < -0.4 is 5.73 Å². The largest absolute Gasteiger partial charge is 0.330 e. The molecule has 0 saturated carbocycles. The van der Waals surface area contributed by atoms with Crippen LogP contribution >= 0.6 is 0 Å². The fourth-order valence-electron chi connectivity index (χ4n) is 0.869. The molecule has 0 fully saturated rings. The van der Waals surface area contributed by atoms with Crippen molar-refractivity contribution in [2.24, 2.45) is 17.6 Å². The lowest BCUT2D eigenvalue weighted by Gasteiger charge is -2.17. The van der Waals surface area contributed by atoms with Gasteiger partial charge in [-0.3, -0.25) is 0 Å². The molecule has 0 amide bonds. The molecule has 0 aromatic heterocycles. The first kappa shape index (κ1) is 9.82. The second-order valence-electron chi connectivity index (χ2n) is 2.87. The molecule has 1 atom stereocenters. The Morgan fingerprint density at radius 1 is 1.30 bits per heavy atom. The van der Waals surface area contributed by atoms with Gasteiger partial charge in [0.2, 0.25) is 6.43 Å². The molecule has 1 unspecified atom stereocenters. The summed E-state index contributed by atoms with van der Waals surface area (Å²) in [4.78, 5) is 0. The number of nitrogens with two attached hydrogens (primary N) is 1. The minimum absolute atomic E-state index is 0.0278. The lowest BCUT2D eigenvalue weighted by molar-refractivity contribution is 0.104. The molecule has 0 spiro atoms. The van der Waals surface area contributed by atoms with E-state index in [9.17, 15) is 8.78 Å². The molecule has 10 heavy (non-hydrogen) atoms. The molecule has 0 heterocycles. The monoisotopic (exact) mass is 151 g/mol. The molecule has 3 heteroatoms. The molecule has 0 aliphatic carbocycles. The van der Waals surface area contributed by atoms with Gasteiger partial charge in [-0.25, -0.2) is 8.78 Å². The minimum Gasteiger partial charge on any atom is -0.330 e. The maximum Gasteiger partial charge on any atom is 0.239 e. The quantitative estimate of drug-likeness (QED) is 0.652. The maximum atomic E-state index is 11.8. The predicted molar refractivity (Wildman–Crippen MR) is 38.0 cm³/mol. The second kappa shape index (κ2) is 4.61. The summed E-state index contributed by atoms with van der Waals surface area (Å²) in [6, 6.07) is 0. The zero-order valence-electron chi connectivity index (χ0n) is 6.48. The third-order valence-electron chi connectivity index (χ3n) is 1.73. The van der Waals surface area contributed by atoms with Crippen LogP contribution in [0.2, 0.25) is 0 Å². The van der Waals surface area contributed by atoms with Crippen LogP contribution in [0.15, 0.2) is 0 Å². The Balaban J connectivity index is 3.60. The fraction of sp³-hybridized carbons (Fsp3) is 1.00. The Kier molecular flexibility index (Phi) is 4.52. The highest BCUT2D eigenvalue weighted by atomic mass is 19.3. The molecule has 0 rings (SSSR count). The summed E-state index contributed by atoms with van der Waals surface area (Å²) in [6.07, 6.45) is -2.27. The molecule has 0 saturated heterocycles. The van der Waals surface area contributed by atoms with E-state index < -0.39 is 6.43 Å². The Hall–Kier alpha value is -0.180. The number of alkyl halides is 2. The lowest BCUT2D eigenvalue weighted by atomic mass is 9.93. The van der Waals surface area contributed by atoms with Crippen LogP contribution in [0.3, 0.4) is 0 Å². The van der Waals surface area contributed by atoms with Crippen LogP contribution in [-0.2, 0) is 0 Å². The van der Waals surface area contributed by atoms with Crippen molar-refractivity contribution in [3.8, 4) is 0 Å². The average molecular weight is 151 g/mol. The van der Waals surface area contributed by atoms with Crippen LogP contribution in [0, 0.1) is 11.8 Å². The zero-order valence-corrected chi connectivity index (χ0v) is 6.48. The van der Waals surface area contributed by atoms with Crippen molar-refractivity contribution in [2.75, 3.05) is 6.54 Å². The third-order valence-corrected chi connectivity index (χ3v) is 1.73. The van der Waals surface area contributed by atoms with E-state index in [2.05, 4.69) is 0 Å². The van der Waals surface area contributed by atoms with Gasteiger partial charge in [-0.2, -0.15) is 0 Å². The van der Waals surface area contributed by atoms with Crippen molar-refractivity contribution in [2.45, 2.75) is 26.7 Å². The van der Waals surface area contributed by atoms with E-state index in [1.165, 1.54) is 0 Å². The van der Waals surface area contributed by atoms with Gasteiger partial charge in [-0.05, 0) is 18.4 Å². The normalized spacial score (nSPS) is 14.7. The lowest BCUT2D eigenvalue weighted by Crippen LogP contribution is -2.22. The van der Waals surface area contributed by atoms with Gasteiger partial charge < -0.3 is 5.73 Å². The summed E-state index contributed by atoms with van der Waals surface area (Å²) >= 11 is 0. The van der Waals surface area contributed by atoms with E-state index in [0.29, 0.717) is 6.54 Å². The molecular weight excluding hydrogens is 136 g/mol. The van der Waals surface area contributed by atoms with Crippen molar-refractivity contribution >= 4 is 0 Å². The molecule has 0 aromatic carbocycles. The maximum absolute atomic E-state index is 11.8. The highest BCUT2D eigenvalue weighted by Gasteiger charge is 2.16. The first-order chi connectivity index (χ1) is 4.57. The number of hydrogen-bond donors (Lipinski definition) is 1. The first-order valence-electron chi connectivity index (χ1n) is 3.56. The van der Waals surface area contributed by atoms with E-state index in [0.717, 1.165) is 0 Å². The number of hydrogen-bond acceptors (Lipinski definition) is 1. The molecular formula is C7H15F2N. The molecule has 0 aromatic rings. The topological polar surface area (TPSA) is 26.0 Å². The van der Waals surface area contributed by atoms with Gasteiger partial charge in [0.1, 0.15) is 0 Å². The Morgan fingerprint density at radius 2 is 1.80 bits per heavy atom. The summed E-state index contributed by atoms with van der Waals surface area (Å²) in [5, 5.41) is 0. The van der Waals surface area contributed by atoms with Crippen LogP contribution in [0.4, 0.5) is 8.78 Å². The van der Waals surface area contributed by atoms with Crippen molar-refractivity contribution in [1.29, 1.82) is 0 Å². The predicted octanol–water partition coefficient (Wildman–Crippen LogP) is 1.87. The Bertz CT molecular complexity index is 83.7. The second-order valence-corrected chi connectivity index (χ2v) is 2.87. The Labute approximate surface area is 60.6 Å². The standard InChI is InChI=1S/C7H15F2N/c1-5(2)6(4-10)3-7(8)9/h5-7H,3-4,10H2,1-2H3. The smallest absolute Gasteiger partial charge is 0.239 e. The molecule has 2 N–H and O–H groups in total. The van der Waals surface area contributed by atoms with Crippen molar-refractivity contribution in [1.82, 2.24) is 0 Å². The van der Waals surface area contributed by atoms with Gasteiger partial charge in [0, 0.05) is 6.42 Å². The fourth-order valence-corrected chi connectivity index (χ4v) is 0.869. The average Bonchev–Trinajstić information content (AvgIpc) is 1.81. The molecule has 0 aliphatic heterocycles. The summed E-state index contributed by atoms with van der Waals surface area (Å²) in [6.45, 7) is 4.20. The van der Waals surface area contributed by atoms with E-state index >= 15 is 0 Å². The van der Waals surface area contributed by atoms with Gasteiger partial charge in [0.15, 0.2) is 0 Å². The van der Waals surface area contributed by atoms with Gasteiger partial charge >= 0.3 is 0 Å². The van der Waals surface area contributed by atoms with Gasteiger partial charge in [-0.15, -0.1) is 0 Å². The SMILES string of the molecule is CC(C)C(CN)CC(F)F. The van der Waals surface area contributed by atoms with Crippen molar-refractivity contribution in [3.05, 3.63) is 0 Å². The van der Waals surface area contributed by atoms with Crippen LogP contribution in [0.1, 0.15) is 20.3 Å². The van der Waals surface area contributed by atoms with Crippen molar-refractivity contribution in [3.63, 3.8) is 0 Å². The van der Waals surface area contributed by atoms with E-state index in [4.69, 9.17) is 5.73 Å². The highest BCUT2D eigenvalue weighted by Crippen LogP contribution is 2.17. The Morgan fingerprint density at radius 3 is 1.90 bits per heavy atom. The summed E-state index contributed by atoms with van der Waals surface area (Å²) in [5.41, 5.74) is 5.29. The van der Waals surface area contributed by atoms with E-state index in [1.54, 1.807) is 0 Å². The summed E-state index contributed by atoms with van der Waals surface area (Å²) in [5.74, 6) is 0.235. The van der Waals surface area contributed by atoms with Crippen LogP contribution in [-0.4, -0.2) is 13.0 Å². The van der Waals surface area contributed by atoms with E-state index in [-0.39, 0.29) is 18.3 Å². The van der Waals surface area contributed by atoms with Gasteiger partial charge in [0.25, 0.3) is 0 Å². The molecule has 1 nitrogen and oxygen atoms in total. The van der Waals surface area contributed by atoms with Crippen molar-refractivity contribution < 1.29 is 8.78 Å². The zero-order chi connectivity index (χ0) is 8.15.